The summed E-state index contributed by atoms with van der Waals surface area (Å²) in [6.07, 6.45) is 1.41. The molecule has 0 N–H and O–H groups in total. The molecule has 144 valence electrons. The zero-order chi connectivity index (χ0) is 19.3. The zero-order valence-electron chi connectivity index (χ0n) is 15.4. The molecule has 0 atom stereocenters. The molecule has 1 aliphatic heterocycles. The number of carbonyl (C=O) groups excluding carboxylic acids is 1. The van der Waals surface area contributed by atoms with Gasteiger partial charge in [-0.1, -0.05) is 24.3 Å². The predicted molar refractivity (Wildman–Crippen MR) is 109 cm³/mol. The molecule has 0 spiro atoms. The van der Waals surface area contributed by atoms with Crippen molar-refractivity contribution in [2.75, 3.05) is 19.7 Å². The lowest BCUT2D eigenvalue weighted by Crippen LogP contribution is -2.43. The summed E-state index contributed by atoms with van der Waals surface area (Å²) in [6.45, 7) is 1.22. The number of benzene rings is 1. The van der Waals surface area contributed by atoms with E-state index >= 15 is 0 Å². The molecule has 7 heteroatoms. The Morgan fingerprint density at radius 3 is 2.57 bits per heavy atom. The molecule has 1 amide bonds. The van der Waals surface area contributed by atoms with Crippen molar-refractivity contribution in [3.63, 3.8) is 0 Å². The molecule has 6 nitrogen and oxygen atoms in total. The molecule has 2 aromatic heterocycles. The summed E-state index contributed by atoms with van der Waals surface area (Å²) in [7, 11) is 0. The Morgan fingerprint density at radius 1 is 1.07 bits per heavy atom. The van der Waals surface area contributed by atoms with E-state index in [4.69, 9.17) is 4.74 Å². The third kappa shape index (κ3) is 4.14. The van der Waals surface area contributed by atoms with E-state index < -0.39 is 0 Å². The predicted octanol–water partition coefficient (Wildman–Crippen LogP) is 3.21. The number of carbonyl (C=O) groups is 1. The Morgan fingerprint density at radius 2 is 1.86 bits per heavy atom. The fourth-order valence-electron chi connectivity index (χ4n) is 3.36. The summed E-state index contributed by atoms with van der Waals surface area (Å²) in [5.41, 5.74) is 0.710. The lowest BCUT2D eigenvalue weighted by Gasteiger charge is -2.32. The molecule has 0 unspecified atom stereocenters. The number of nitrogens with zero attached hydrogens (tertiary/aromatic N) is 3. The topological polar surface area (TPSA) is 64.4 Å². The molecular weight excluding hydrogens is 374 g/mol. The second kappa shape index (κ2) is 8.39. The third-order valence-electron chi connectivity index (χ3n) is 4.87. The van der Waals surface area contributed by atoms with Crippen molar-refractivity contribution >= 4 is 17.2 Å². The minimum absolute atomic E-state index is 0.00602. The molecule has 1 aromatic carbocycles. The van der Waals surface area contributed by atoms with E-state index in [9.17, 15) is 9.59 Å². The number of hydrogen-bond acceptors (Lipinski definition) is 5. The number of para-hydroxylation sites is 1. The van der Waals surface area contributed by atoms with E-state index in [1.165, 1.54) is 0 Å². The first-order valence-electron chi connectivity index (χ1n) is 9.30. The van der Waals surface area contributed by atoms with Gasteiger partial charge in [-0.3, -0.25) is 9.59 Å². The number of amides is 1. The van der Waals surface area contributed by atoms with Crippen molar-refractivity contribution < 1.29 is 9.53 Å². The molecule has 0 bridgehead atoms. The summed E-state index contributed by atoms with van der Waals surface area (Å²) in [6, 6.07) is 16.6. The van der Waals surface area contributed by atoms with Crippen LogP contribution in [-0.4, -0.2) is 40.3 Å². The van der Waals surface area contributed by atoms with E-state index in [1.807, 2.05) is 47.8 Å². The number of rotatable bonds is 5. The standard InChI is InChI=1S/C21H21N3O3S/c25-20-9-8-18(19-7-4-14-28-19)22-24(20)16-10-12-23(13-11-16)21(26)15-27-17-5-2-1-3-6-17/h1-9,14,16H,10-13,15H2. The number of hydrogen-bond donors (Lipinski definition) is 0. The molecule has 1 saturated heterocycles. The first-order valence-corrected chi connectivity index (χ1v) is 10.2. The Hall–Kier alpha value is -2.93. The maximum atomic E-state index is 12.4. The van der Waals surface area contributed by atoms with Crippen molar-refractivity contribution in [1.29, 1.82) is 0 Å². The minimum atomic E-state index is -0.0995. The van der Waals surface area contributed by atoms with E-state index in [0.29, 0.717) is 31.7 Å². The molecular formula is C21H21N3O3S. The first kappa shape index (κ1) is 18.4. The van der Waals surface area contributed by atoms with Gasteiger partial charge < -0.3 is 9.64 Å². The van der Waals surface area contributed by atoms with Gasteiger partial charge in [-0.25, -0.2) is 4.68 Å². The number of ether oxygens (including phenoxy) is 1. The van der Waals surface area contributed by atoms with Gasteiger partial charge in [0.1, 0.15) is 11.4 Å². The second-order valence-electron chi connectivity index (χ2n) is 6.69. The molecule has 0 radical (unpaired) electrons. The quantitative estimate of drug-likeness (QED) is 0.665. The number of thiophene rings is 1. The van der Waals surface area contributed by atoms with Crippen LogP contribution >= 0.6 is 11.3 Å². The lowest BCUT2D eigenvalue weighted by atomic mass is 10.1. The maximum Gasteiger partial charge on any atom is 0.267 e. The molecule has 0 saturated carbocycles. The third-order valence-corrected chi connectivity index (χ3v) is 5.76. The molecule has 0 aliphatic carbocycles. The average molecular weight is 395 g/mol. The number of likely N-dealkylation sites (tertiary alicyclic amines) is 1. The fourth-order valence-corrected chi connectivity index (χ4v) is 4.05. The van der Waals surface area contributed by atoms with Gasteiger partial charge in [0.15, 0.2) is 6.61 Å². The number of piperidine rings is 1. The summed E-state index contributed by atoms with van der Waals surface area (Å²) >= 11 is 1.60. The molecule has 1 fully saturated rings. The maximum absolute atomic E-state index is 12.4. The van der Waals surface area contributed by atoms with Crippen LogP contribution in [0.4, 0.5) is 0 Å². The minimum Gasteiger partial charge on any atom is -0.484 e. The highest BCUT2D eigenvalue weighted by molar-refractivity contribution is 7.13. The monoisotopic (exact) mass is 395 g/mol. The van der Waals surface area contributed by atoms with Gasteiger partial charge in [-0.15, -0.1) is 11.3 Å². The van der Waals surface area contributed by atoms with Crippen LogP contribution in [0.1, 0.15) is 18.9 Å². The van der Waals surface area contributed by atoms with Crippen molar-refractivity contribution in [2.24, 2.45) is 0 Å². The fraction of sp³-hybridized carbons (Fsp3) is 0.286. The van der Waals surface area contributed by atoms with Gasteiger partial charge in [-0.2, -0.15) is 5.10 Å². The van der Waals surface area contributed by atoms with Gasteiger partial charge in [0.05, 0.1) is 10.9 Å². The Kier molecular flexibility index (Phi) is 5.53. The van der Waals surface area contributed by atoms with E-state index in [-0.39, 0.29) is 24.1 Å². The highest BCUT2D eigenvalue weighted by atomic mass is 32.1. The molecule has 3 aromatic rings. The summed E-state index contributed by atoms with van der Waals surface area (Å²) in [5.74, 6) is 0.654. The smallest absolute Gasteiger partial charge is 0.267 e. The van der Waals surface area contributed by atoms with Crippen LogP contribution in [-0.2, 0) is 4.79 Å². The molecule has 28 heavy (non-hydrogen) atoms. The van der Waals surface area contributed by atoms with Gasteiger partial charge >= 0.3 is 0 Å². The average Bonchev–Trinajstić information content (AvgIpc) is 3.28. The van der Waals surface area contributed by atoms with Crippen molar-refractivity contribution in [3.05, 3.63) is 70.3 Å². The van der Waals surface area contributed by atoms with Gasteiger partial charge in [-0.05, 0) is 42.5 Å². The van der Waals surface area contributed by atoms with Crippen LogP contribution in [0, 0.1) is 0 Å². The molecule has 4 rings (SSSR count). The van der Waals surface area contributed by atoms with Crippen LogP contribution in [0.3, 0.4) is 0 Å². The lowest BCUT2D eigenvalue weighted by molar-refractivity contribution is -0.134. The normalized spacial score (nSPS) is 14.8. The van der Waals surface area contributed by atoms with E-state index in [0.717, 1.165) is 10.6 Å². The second-order valence-corrected chi connectivity index (χ2v) is 7.64. The summed E-state index contributed by atoms with van der Waals surface area (Å²) < 4.78 is 7.13. The van der Waals surface area contributed by atoms with Gasteiger partial charge in [0, 0.05) is 19.2 Å². The van der Waals surface area contributed by atoms with Crippen molar-refractivity contribution in [3.8, 4) is 16.3 Å². The van der Waals surface area contributed by atoms with E-state index in [1.54, 1.807) is 33.1 Å². The van der Waals surface area contributed by atoms with Crippen LogP contribution in [0.25, 0.3) is 10.6 Å². The van der Waals surface area contributed by atoms with Crippen molar-refractivity contribution in [1.82, 2.24) is 14.7 Å². The Balaban J connectivity index is 1.37. The van der Waals surface area contributed by atoms with Crippen LogP contribution in [0.15, 0.2) is 64.8 Å². The summed E-state index contributed by atoms with van der Waals surface area (Å²) in [5, 5.41) is 6.56. The van der Waals surface area contributed by atoms with Crippen LogP contribution in [0.5, 0.6) is 5.75 Å². The van der Waals surface area contributed by atoms with E-state index in [2.05, 4.69) is 5.10 Å². The first-order chi connectivity index (χ1) is 13.7. The van der Waals surface area contributed by atoms with Gasteiger partial charge in [0.2, 0.25) is 0 Å². The van der Waals surface area contributed by atoms with Crippen molar-refractivity contribution in [2.45, 2.75) is 18.9 Å². The molecule has 3 heterocycles. The summed E-state index contributed by atoms with van der Waals surface area (Å²) in [4.78, 5) is 27.6. The molecule has 1 aliphatic rings. The number of aromatic nitrogens is 2. The largest absolute Gasteiger partial charge is 0.484 e. The van der Waals surface area contributed by atoms with Gasteiger partial charge in [0.25, 0.3) is 11.5 Å². The highest BCUT2D eigenvalue weighted by Gasteiger charge is 2.25. The Bertz CT molecular complexity index is 978. The van der Waals surface area contributed by atoms with Crippen LogP contribution in [0.2, 0.25) is 0 Å². The highest BCUT2D eigenvalue weighted by Crippen LogP contribution is 2.24. The Labute approximate surface area is 167 Å². The van der Waals surface area contributed by atoms with Crippen LogP contribution < -0.4 is 10.3 Å². The zero-order valence-corrected chi connectivity index (χ0v) is 16.2. The SMILES string of the molecule is O=C(COc1ccccc1)N1CCC(n2nc(-c3cccs3)ccc2=O)CC1.